The zero-order chi connectivity index (χ0) is 14.8. The van der Waals surface area contributed by atoms with Gasteiger partial charge in [0, 0.05) is 6.42 Å². The Kier molecular flexibility index (Phi) is 2.44. The predicted octanol–water partition coefficient (Wildman–Crippen LogP) is -1.12. The lowest BCUT2D eigenvalue weighted by Gasteiger charge is -2.20. The molecule has 0 bridgehead atoms. The number of aliphatic hydroxyl groups excluding tert-OH is 1. The second-order valence-electron chi connectivity index (χ2n) is 5.70. The van der Waals surface area contributed by atoms with E-state index in [1.807, 2.05) is 0 Å². The Hall–Kier alpha value is -1.97. The zero-order valence-electron chi connectivity index (χ0n) is 11.1. The molecule has 9 heteroatoms. The standard InChI is InChI=1S/C12H15N5O4/c13-11-15-9-7(10(19)16-11)14-4-17(9)6-3-12(20)2-1-5(18)8(12)21-6/h4-6,8,18,20H,1-3H2,(H3,13,15,16,19)/t5-,6+,8-,12+/m1/s1. The normalized spacial score (nSPS) is 35.4. The maximum atomic E-state index is 11.8. The summed E-state index contributed by atoms with van der Waals surface area (Å²) in [5, 5.41) is 20.4. The van der Waals surface area contributed by atoms with Crippen LogP contribution in [0, 0.1) is 0 Å². The number of hydrogen-bond donors (Lipinski definition) is 4. The van der Waals surface area contributed by atoms with Gasteiger partial charge in [-0.05, 0) is 12.8 Å². The van der Waals surface area contributed by atoms with Crippen molar-refractivity contribution in [3.05, 3.63) is 16.7 Å². The second kappa shape index (κ2) is 4.03. The van der Waals surface area contributed by atoms with E-state index in [0.29, 0.717) is 24.9 Å². The van der Waals surface area contributed by atoms with E-state index >= 15 is 0 Å². The van der Waals surface area contributed by atoms with Gasteiger partial charge in [-0.3, -0.25) is 14.3 Å². The minimum atomic E-state index is -1.05. The van der Waals surface area contributed by atoms with Crippen molar-refractivity contribution < 1.29 is 14.9 Å². The van der Waals surface area contributed by atoms with Crippen molar-refractivity contribution in [2.75, 3.05) is 5.73 Å². The largest absolute Gasteiger partial charge is 0.390 e. The topological polar surface area (TPSA) is 139 Å². The Morgan fingerprint density at radius 3 is 3.14 bits per heavy atom. The molecule has 1 aliphatic heterocycles. The maximum absolute atomic E-state index is 11.8. The first-order valence-corrected chi connectivity index (χ1v) is 6.76. The summed E-state index contributed by atoms with van der Waals surface area (Å²) in [6, 6.07) is 0. The molecule has 21 heavy (non-hydrogen) atoms. The van der Waals surface area contributed by atoms with Crippen LogP contribution in [0.15, 0.2) is 11.1 Å². The van der Waals surface area contributed by atoms with E-state index in [1.54, 1.807) is 4.57 Å². The number of imidazole rings is 1. The van der Waals surface area contributed by atoms with Gasteiger partial charge >= 0.3 is 0 Å². The molecule has 0 unspecified atom stereocenters. The van der Waals surface area contributed by atoms with Gasteiger partial charge in [-0.2, -0.15) is 4.98 Å². The molecule has 1 saturated heterocycles. The first-order valence-electron chi connectivity index (χ1n) is 6.76. The van der Waals surface area contributed by atoms with E-state index < -0.39 is 29.6 Å². The van der Waals surface area contributed by atoms with Gasteiger partial charge in [-0.25, -0.2) is 4.98 Å². The summed E-state index contributed by atoms with van der Waals surface area (Å²) in [4.78, 5) is 22.2. The minimum Gasteiger partial charge on any atom is -0.390 e. The van der Waals surface area contributed by atoms with Gasteiger partial charge < -0.3 is 20.7 Å². The first-order chi connectivity index (χ1) is 9.98. The molecular weight excluding hydrogens is 278 g/mol. The van der Waals surface area contributed by atoms with E-state index in [-0.39, 0.29) is 11.5 Å². The van der Waals surface area contributed by atoms with Crippen molar-refractivity contribution in [1.29, 1.82) is 0 Å². The number of fused-ring (bicyclic) bond motifs is 2. The fourth-order valence-corrected chi connectivity index (χ4v) is 3.32. The molecule has 3 heterocycles. The number of hydrogen-bond acceptors (Lipinski definition) is 7. The van der Waals surface area contributed by atoms with Crippen LogP contribution in [-0.2, 0) is 4.74 Å². The van der Waals surface area contributed by atoms with E-state index in [0.717, 1.165) is 0 Å². The molecule has 1 saturated carbocycles. The molecule has 0 spiro atoms. The Labute approximate surface area is 118 Å². The summed E-state index contributed by atoms with van der Waals surface area (Å²) < 4.78 is 7.34. The summed E-state index contributed by atoms with van der Waals surface area (Å²) in [6.07, 6.45) is 0.911. The summed E-state index contributed by atoms with van der Waals surface area (Å²) in [5.74, 6) is -0.00816. The molecule has 2 fully saturated rings. The molecule has 2 aliphatic rings. The van der Waals surface area contributed by atoms with Gasteiger partial charge in [0.15, 0.2) is 11.2 Å². The fourth-order valence-electron chi connectivity index (χ4n) is 3.32. The third-order valence-electron chi connectivity index (χ3n) is 4.34. The summed E-state index contributed by atoms with van der Waals surface area (Å²) in [7, 11) is 0. The predicted molar refractivity (Wildman–Crippen MR) is 71.3 cm³/mol. The Bertz CT molecular complexity index is 771. The van der Waals surface area contributed by atoms with Crippen molar-refractivity contribution in [3.8, 4) is 0 Å². The highest BCUT2D eigenvalue weighted by Gasteiger charge is 2.55. The van der Waals surface area contributed by atoms with Crippen LogP contribution >= 0.6 is 0 Å². The van der Waals surface area contributed by atoms with E-state index in [2.05, 4.69) is 15.0 Å². The molecule has 0 aromatic carbocycles. The molecule has 1 aliphatic carbocycles. The third kappa shape index (κ3) is 1.71. The molecule has 5 N–H and O–H groups in total. The third-order valence-corrected chi connectivity index (χ3v) is 4.34. The molecular formula is C12H15N5O4. The van der Waals surface area contributed by atoms with Crippen molar-refractivity contribution >= 4 is 17.1 Å². The van der Waals surface area contributed by atoms with Crippen LogP contribution in [0.3, 0.4) is 0 Å². The number of ether oxygens (including phenoxy) is 1. The molecule has 0 amide bonds. The van der Waals surface area contributed by atoms with Gasteiger partial charge in [0.05, 0.1) is 18.0 Å². The maximum Gasteiger partial charge on any atom is 0.280 e. The van der Waals surface area contributed by atoms with Gasteiger partial charge in [0.1, 0.15) is 12.3 Å². The molecule has 112 valence electrons. The van der Waals surface area contributed by atoms with Crippen LogP contribution in [0.4, 0.5) is 5.95 Å². The van der Waals surface area contributed by atoms with Crippen molar-refractivity contribution in [2.24, 2.45) is 0 Å². The number of nitrogens with zero attached hydrogens (tertiary/aromatic N) is 3. The Morgan fingerprint density at radius 1 is 1.57 bits per heavy atom. The number of H-pyrrole nitrogens is 1. The van der Waals surface area contributed by atoms with Gasteiger partial charge in [-0.1, -0.05) is 0 Å². The van der Waals surface area contributed by atoms with Crippen LogP contribution in [-0.4, -0.2) is 47.5 Å². The number of nitrogens with two attached hydrogens (primary N) is 1. The summed E-state index contributed by atoms with van der Waals surface area (Å²) >= 11 is 0. The average molecular weight is 293 g/mol. The summed E-state index contributed by atoms with van der Waals surface area (Å²) in [6.45, 7) is 0. The first kappa shape index (κ1) is 12.7. The number of aliphatic hydroxyl groups is 2. The van der Waals surface area contributed by atoms with Crippen molar-refractivity contribution in [1.82, 2.24) is 19.5 Å². The molecule has 9 nitrogen and oxygen atoms in total. The number of anilines is 1. The Balaban J connectivity index is 1.77. The number of nitrogens with one attached hydrogen (secondary N) is 1. The minimum absolute atomic E-state index is 0.00816. The quantitative estimate of drug-likeness (QED) is 0.522. The van der Waals surface area contributed by atoms with Crippen LogP contribution in [0.1, 0.15) is 25.5 Å². The van der Waals surface area contributed by atoms with E-state index in [1.165, 1.54) is 6.33 Å². The molecule has 4 atom stereocenters. The van der Waals surface area contributed by atoms with Crippen LogP contribution in [0.2, 0.25) is 0 Å². The number of nitrogen functional groups attached to an aromatic ring is 1. The van der Waals surface area contributed by atoms with E-state index in [4.69, 9.17) is 10.5 Å². The lowest BCUT2D eigenvalue weighted by atomic mass is 9.97. The smallest absolute Gasteiger partial charge is 0.280 e. The van der Waals surface area contributed by atoms with Crippen LogP contribution in [0.25, 0.3) is 11.2 Å². The lowest BCUT2D eigenvalue weighted by molar-refractivity contribution is -0.0838. The Morgan fingerprint density at radius 2 is 2.38 bits per heavy atom. The van der Waals surface area contributed by atoms with Crippen molar-refractivity contribution in [2.45, 2.75) is 43.3 Å². The van der Waals surface area contributed by atoms with Gasteiger partial charge in [-0.15, -0.1) is 0 Å². The molecule has 2 aromatic rings. The second-order valence-corrected chi connectivity index (χ2v) is 5.70. The highest BCUT2D eigenvalue weighted by atomic mass is 16.5. The van der Waals surface area contributed by atoms with E-state index in [9.17, 15) is 15.0 Å². The van der Waals surface area contributed by atoms with Crippen LogP contribution < -0.4 is 11.3 Å². The molecule has 0 radical (unpaired) electrons. The number of aromatic nitrogens is 4. The van der Waals surface area contributed by atoms with Crippen LogP contribution in [0.5, 0.6) is 0 Å². The van der Waals surface area contributed by atoms with Gasteiger partial charge in [0.25, 0.3) is 5.56 Å². The average Bonchev–Trinajstić information content (AvgIpc) is 3.04. The highest BCUT2D eigenvalue weighted by Crippen LogP contribution is 2.46. The fraction of sp³-hybridized carbons (Fsp3) is 0.583. The zero-order valence-corrected chi connectivity index (χ0v) is 11.1. The van der Waals surface area contributed by atoms with Crippen molar-refractivity contribution in [3.63, 3.8) is 0 Å². The van der Waals surface area contributed by atoms with Gasteiger partial charge in [0.2, 0.25) is 5.95 Å². The lowest BCUT2D eigenvalue weighted by Crippen LogP contribution is -2.37. The molecule has 2 aromatic heterocycles. The highest BCUT2D eigenvalue weighted by molar-refractivity contribution is 5.70. The monoisotopic (exact) mass is 293 g/mol. The molecule has 4 rings (SSSR count). The SMILES string of the molecule is Nc1nc2c(ncn2[C@@H]2C[C@@]3(O)CC[C@@H](O)[C@H]3O2)c(=O)[nH]1. The number of aromatic amines is 1. The number of rotatable bonds is 1. The summed E-state index contributed by atoms with van der Waals surface area (Å²) in [5.41, 5.74) is 4.55.